The fraction of sp³-hybridized carbons (Fsp3) is 0.538. The standard InChI is InChI=1S/C13H20N2O2S.ClH/c14-10-11-6-4-5-9-13(11)15-18(16,17)12-7-2-1-3-8-12;/h1-3,7-8,11,13,15H,4-6,9-10,14H2;1H. The van der Waals surface area contributed by atoms with Crippen molar-refractivity contribution in [3.05, 3.63) is 30.3 Å². The van der Waals surface area contributed by atoms with Crippen molar-refractivity contribution in [2.24, 2.45) is 11.7 Å². The number of rotatable bonds is 4. The van der Waals surface area contributed by atoms with Crippen LogP contribution in [0.4, 0.5) is 0 Å². The number of hydrogen-bond acceptors (Lipinski definition) is 3. The van der Waals surface area contributed by atoms with Gasteiger partial charge in [-0.15, -0.1) is 12.4 Å². The molecule has 0 radical (unpaired) electrons. The Labute approximate surface area is 121 Å². The smallest absolute Gasteiger partial charge is 0.240 e. The summed E-state index contributed by atoms with van der Waals surface area (Å²) in [4.78, 5) is 0.325. The first kappa shape index (κ1) is 16.4. The number of nitrogens with two attached hydrogens (primary N) is 1. The van der Waals surface area contributed by atoms with Crippen LogP contribution in [0.3, 0.4) is 0 Å². The van der Waals surface area contributed by atoms with Crippen molar-refractivity contribution in [1.29, 1.82) is 0 Å². The lowest BCUT2D eigenvalue weighted by Crippen LogP contribution is -2.44. The predicted molar refractivity (Wildman–Crippen MR) is 78.8 cm³/mol. The second kappa shape index (κ2) is 7.24. The van der Waals surface area contributed by atoms with Gasteiger partial charge in [0.25, 0.3) is 0 Å². The Morgan fingerprint density at radius 1 is 1.16 bits per heavy atom. The van der Waals surface area contributed by atoms with Gasteiger partial charge in [0.2, 0.25) is 10.0 Å². The Hall–Kier alpha value is -0.620. The minimum atomic E-state index is -3.41. The highest BCUT2D eigenvalue weighted by Crippen LogP contribution is 2.25. The van der Waals surface area contributed by atoms with E-state index >= 15 is 0 Å². The highest BCUT2D eigenvalue weighted by Gasteiger charge is 2.28. The number of benzene rings is 1. The maximum atomic E-state index is 12.2. The zero-order chi connectivity index (χ0) is 13.0. The molecule has 0 saturated heterocycles. The lowest BCUT2D eigenvalue weighted by atomic mass is 9.85. The molecular weight excluding hydrogens is 284 g/mol. The zero-order valence-corrected chi connectivity index (χ0v) is 12.4. The predicted octanol–water partition coefficient (Wildman–Crippen LogP) is 1.90. The first-order valence-corrected chi connectivity index (χ1v) is 7.89. The van der Waals surface area contributed by atoms with Crippen molar-refractivity contribution in [3.8, 4) is 0 Å². The number of sulfonamides is 1. The molecule has 108 valence electrons. The van der Waals surface area contributed by atoms with E-state index in [1.54, 1.807) is 24.3 Å². The highest BCUT2D eigenvalue weighted by molar-refractivity contribution is 7.89. The molecule has 1 aliphatic rings. The third-order valence-corrected chi connectivity index (χ3v) is 5.08. The summed E-state index contributed by atoms with van der Waals surface area (Å²) in [7, 11) is -3.41. The third-order valence-electron chi connectivity index (χ3n) is 3.57. The van der Waals surface area contributed by atoms with Crippen LogP contribution in [0.1, 0.15) is 25.7 Å². The maximum absolute atomic E-state index is 12.2. The summed E-state index contributed by atoms with van der Waals surface area (Å²) in [6, 6.07) is 8.48. The van der Waals surface area contributed by atoms with Gasteiger partial charge in [-0.25, -0.2) is 13.1 Å². The van der Waals surface area contributed by atoms with Gasteiger partial charge < -0.3 is 5.73 Å². The fourth-order valence-electron chi connectivity index (χ4n) is 2.51. The molecule has 3 N–H and O–H groups in total. The van der Waals surface area contributed by atoms with Gasteiger partial charge in [0.05, 0.1) is 4.90 Å². The van der Waals surface area contributed by atoms with Crippen LogP contribution in [-0.4, -0.2) is 21.0 Å². The molecule has 1 saturated carbocycles. The molecule has 2 unspecified atom stereocenters. The monoisotopic (exact) mass is 304 g/mol. The van der Waals surface area contributed by atoms with Gasteiger partial charge in [-0.3, -0.25) is 0 Å². The summed E-state index contributed by atoms with van der Waals surface area (Å²) >= 11 is 0. The van der Waals surface area contributed by atoms with Gasteiger partial charge in [0.1, 0.15) is 0 Å². The van der Waals surface area contributed by atoms with E-state index in [0.29, 0.717) is 11.4 Å². The summed E-state index contributed by atoms with van der Waals surface area (Å²) < 4.78 is 27.2. The van der Waals surface area contributed by atoms with Gasteiger partial charge in [0.15, 0.2) is 0 Å². The molecule has 4 nitrogen and oxygen atoms in total. The molecule has 1 aromatic carbocycles. The summed E-state index contributed by atoms with van der Waals surface area (Å²) in [6.07, 6.45) is 4.11. The lowest BCUT2D eigenvalue weighted by Gasteiger charge is -2.31. The minimum absolute atomic E-state index is 0. The van der Waals surface area contributed by atoms with Crippen molar-refractivity contribution >= 4 is 22.4 Å². The largest absolute Gasteiger partial charge is 0.330 e. The van der Waals surface area contributed by atoms with Crippen molar-refractivity contribution < 1.29 is 8.42 Å². The summed E-state index contributed by atoms with van der Waals surface area (Å²) in [5.41, 5.74) is 5.72. The molecule has 0 spiro atoms. The Kier molecular flexibility index (Phi) is 6.26. The first-order valence-electron chi connectivity index (χ1n) is 6.41. The van der Waals surface area contributed by atoms with Crippen molar-refractivity contribution in [3.63, 3.8) is 0 Å². The molecule has 0 aromatic heterocycles. The molecule has 6 heteroatoms. The highest BCUT2D eigenvalue weighted by atomic mass is 35.5. The molecular formula is C13H21ClN2O2S. The van der Waals surface area contributed by atoms with Crippen LogP contribution in [0.5, 0.6) is 0 Å². The van der Waals surface area contributed by atoms with Gasteiger partial charge in [0, 0.05) is 6.04 Å². The van der Waals surface area contributed by atoms with Crippen LogP contribution >= 0.6 is 12.4 Å². The van der Waals surface area contributed by atoms with E-state index in [0.717, 1.165) is 25.7 Å². The lowest BCUT2D eigenvalue weighted by molar-refractivity contribution is 0.296. The molecule has 19 heavy (non-hydrogen) atoms. The van der Waals surface area contributed by atoms with Crippen LogP contribution in [0.25, 0.3) is 0 Å². The average molecular weight is 305 g/mol. The number of hydrogen-bond donors (Lipinski definition) is 2. The molecule has 2 atom stereocenters. The van der Waals surface area contributed by atoms with E-state index < -0.39 is 10.0 Å². The van der Waals surface area contributed by atoms with E-state index in [-0.39, 0.29) is 24.4 Å². The second-order valence-corrected chi connectivity index (χ2v) is 6.54. The second-order valence-electron chi connectivity index (χ2n) is 4.82. The third kappa shape index (κ3) is 4.18. The number of halogens is 1. The van der Waals surface area contributed by atoms with Crippen molar-refractivity contribution in [2.45, 2.75) is 36.6 Å². The zero-order valence-electron chi connectivity index (χ0n) is 10.8. The molecule has 0 bridgehead atoms. The fourth-order valence-corrected chi connectivity index (χ4v) is 3.87. The Morgan fingerprint density at radius 2 is 1.79 bits per heavy atom. The summed E-state index contributed by atoms with van der Waals surface area (Å²) in [5, 5.41) is 0. The van der Waals surface area contributed by atoms with Crippen LogP contribution in [0.15, 0.2) is 35.2 Å². The van der Waals surface area contributed by atoms with E-state index in [1.807, 2.05) is 6.07 Å². The molecule has 0 heterocycles. The van der Waals surface area contributed by atoms with E-state index in [4.69, 9.17) is 5.73 Å². The van der Waals surface area contributed by atoms with Crippen LogP contribution in [-0.2, 0) is 10.0 Å². The van der Waals surface area contributed by atoms with Crippen LogP contribution in [0.2, 0.25) is 0 Å². The molecule has 1 aliphatic carbocycles. The van der Waals surface area contributed by atoms with Crippen LogP contribution < -0.4 is 10.5 Å². The van der Waals surface area contributed by atoms with E-state index in [1.165, 1.54) is 0 Å². The first-order chi connectivity index (χ1) is 8.63. The van der Waals surface area contributed by atoms with E-state index in [2.05, 4.69) is 4.72 Å². The quantitative estimate of drug-likeness (QED) is 0.892. The van der Waals surface area contributed by atoms with Gasteiger partial charge in [-0.2, -0.15) is 0 Å². The summed E-state index contributed by atoms with van der Waals surface area (Å²) in [5.74, 6) is 0.261. The Balaban J connectivity index is 0.00000180. The molecule has 2 rings (SSSR count). The molecule has 0 amide bonds. The van der Waals surface area contributed by atoms with Gasteiger partial charge in [-0.1, -0.05) is 31.0 Å². The Morgan fingerprint density at radius 3 is 2.42 bits per heavy atom. The topological polar surface area (TPSA) is 72.2 Å². The normalized spacial score (nSPS) is 23.6. The molecule has 1 fully saturated rings. The molecule has 0 aliphatic heterocycles. The average Bonchev–Trinajstić information content (AvgIpc) is 2.40. The Bertz CT molecular complexity index is 479. The minimum Gasteiger partial charge on any atom is -0.330 e. The van der Waals surface area contributed by atoms with Crippen molar-refractivity contribution in [2.75, 3.05) is 6.54 Å². The van der Waals surface area contributed by atoms with Crippen LogP contribution in [0, 0.1) is 5.92 Å². The van der Waals surface area contributed by atoms with Crippen molar-refractivity contribution in [1.82, 2.24) is 4.72 Å². The maximum Gasteiger partial charge on any atom is 0.240 e. The van der Waals surface area contributed by atoms with E-state index in [9.17, 15) is 8.42 Å². The molecule has 1 aromatic rings. The number of nitrogens with one attached hydrogen (secondary N) is 1. The van der Waals surface area contributed by atoms with Gasteiger partial charge in [-0.05, 0) is 37.4 Å². The summed E-state index contributed by atoms with van der Waals surface area (Å²) in [6.45, 7) is 0.544. The van der Waals surface area contributed by atoms with Gasteiger partial charge >= 0.3 is 0 Å². The SMILES string of the molecule is Cl.NCC1CCCCC1NS(=O)(=O)c1ccccc1.